The lowest BCUT2D eigenvalue weighted by Crippen LogP contribution is -2.31. The standard InChI is InChI=1S/C30H29N2O6S/c1-6-32(7-2)18-15-16-19-23(17-18)37-30(34)26(28-31(3)20-11-8-9-14-24(20)39-28)25(19)29(33)38-27-21(35-4)12-10-13-22(27)36-5/h8-17H,6-7H2,1-5H3/q+1. The van der Waals surface area contributed by atoms with Crippen LogP contribution in [-0.4, -0.2) is 33.3 Å². The summed E-state index contributed by atoms with van der Waals surface area (Å²) in [6.07, 6.45) is 0. The molecule has 0 aliphatic heterocycles. The second-order valence-corrected chi connectivity index (χ2v) is 9.84. The molecule has 0 spiro atoms. The Morgan fingerprint density at radius 1 is 0.974 bits per heavy atom. The number of benzene rings is 3. The van der Waals surface area contributed by atoms with E-state index in [4.69, 9.17) is 18.6 Å². The van der Waals surface area contributed by atoms with Crippen LogP contribution in [0.25, 0.3) is 31.8 Å². The number of para-hydroxylation sites is 2. The molecule has 200 valence electrons. The summed E-state index contributed by atoms with van der Waals surface area (Å²) in [6.45, 7) is 5.67. The molecule has 0 N–H and O–H groups in total. The molecule has 0 saturated carbocycles. The van der Waals surface area contributed by atoms with Gasteiger partial charge in [0.2, 0.25) is 11.3 Å². The highest BCUT2D eigenvalue weighted by Crippen LogP contribution is 2.39. The van der Waals surface area contributed by atoms with Gasteiger partial charge in [0.15, 0.2) is 17.1 Å². The summed E-state index contributed by atoms with van der Waals surface area (Å²) in [5, 5.41) is 1.05. The summed E-state index contributed by atoms with van der Waals surface area (Å²) < 4.78 is 25.5. The second kappa shape index (κ2) is 10.8. The van der Waals surface area contributed by atoms with Crippen LogP contribution in [0.2, 0.25) is 0 Å². The Morgan fingerprint density at radius 3 is 2.31 bits per heavy atom. The normalized spacial score (nSPS) is 11.1. The Bertz CT molecular complexity index is 1730. The van der Waals surface area contributed by atoms with Gasteiger partial charge in [-0.05, 0) is 44.2 Å². The molecule has 0 bridgehead atoms. The first-order valence-electron chi connectivity index (χ1n) is 12.6. The number of rotatable bonds is 8. The van der Waals surface area contributed by atoms with E-state index in [-0.39, 0.29) is 16.9 Å². The number of esters is 1. The van der Waals surface area contributed by atoms with E-state index in [2.05, 4.69) is 18.7 Å². The quantitative estimate of drug-likeness (QED) is 0.109. The Hall–Kier alpha value is -4.37. The van der Waals surface area contributed by atoms with Crippen molar-refractivity contribution in [3.05, 3.63) is 76.6 Å². The number of thiazole rings is 1. The minimum Gasteiger partial charge on any atom is -0.493 e. The molecule has 9 heteroatoms. The SMILES string of the molecule is CCN(CC)c1ccc2c(C(=O)Oc3c(OC)cccc3OC)c(-c3sc4ccccc4[n+]3C)c(=O)oc2c1. The molecule has 39 heavy (non-hydrogen) atoms. The lowest BCUT2D eigenvalue weighted by atomic mass is 10.0. The van der Waals surface area contributed by atoms with E-state index < -0.39 is 11.6 Å². The molecule has 0 amide bonds. The number of carbonyl (C=O) groups is 1. The van der Waals surface area contributed by atoms with Crippen molar-refractivity contribution >= 4 is 44.2 Å². The van der Waals surface area contributed by atoms with E-state index in [1.165, 1.54) is 25.6 Å². The van der Waals surface area contributed by atoms with Gasteiger partial charge in [-0.25, -0.2) is 9.59 Å². The predicted molar refractivity (Wildman–Crippen MR) is 153 cm³/mol. The van der Waals surface area contributed by atoms with Gasteiger partial charge in [-0.3, -0.25) is 0 Å². The fourth-order valence-corrected chi connectivity index (χ4v) is 5.95. The number of carbonyl (C=O) groups excluding carboxylic acids is 1. The molecule has 3 aromatic carbocycles. The Kier molecular flexibility index (Phi) is 7.26. The van der Waals surface area contributed by atoms with E-state index in [0.29, 0.717) is 27.5 Å². The number of hydrogen-bond acceptors (Lipinski definition) is 8. The van der Waals surface area contributed by atoms with Gasteiger partial charge in [0.05, 0.1) is 19.8 Å². The molecule has 5 aromatic rings. The maximum atomic E-state index is 14.0. The van der Waals surface area contributed by atoms with Crippen molar-refractivity contribution in [2.75, 3.05) is 32.2 Å². The van der Waals surface area contributed by atoms with Crippen LogP contribution in [0.15, 0.2) is 69.9 Å². The number of methoxy groups -OCH3 is 2. The highest BCUT2D eigenvalue weighted by Gasteiger charge is 2.32. The average molecular weight is 546 g/mol. The molecule has 2 aromatic heterocycles. The monoisotopic (exact) mass is 545 g/mol. The van der Waals surface area contributed by atoms with E-state index in [9.17, 15) is 9.59 Å². The third-order valence-electron chi connectivity index (χ3n) is 6.75. The second-order valence-electron chi connectivity index (χ2n) is 8.81. The lowest BCUT2D eigenvalue weighted by molar-refractivity contribution is -0.629. The van der Waals surface area contributed by atoms with E-state index in [1.54, 1.807) is 30.3 Å². The number of hydrogen-bond donors (Lipinski definition) is 0. The van der Waals surface area contributed by atoms with E-state index in [0.717, 1.165) is 29.0 Å². The molecule has 0 unspecified atom stereocenters. The van der Waals surface area contributed by atoms with Crippen LogP contribution in [0, 0.1) is 0 Å². The van der Waals surface area contributed by atoms with Crippen molar-refractivity contribution in [3.63, 3.8) is 0 Å². The van der Waals surface area contributed by atoms with Crippen molar-refractivity contribution < 1.29 is 28.0 Å². The maximum absolute atomic E-state index is 14.0. The topological polar surface area (TPSA) is 82.1 Å². The van der Waals surface area contributed by atoms with E-state index >= 15 is 0 Å². The molecule has 0 radical (unpaired) electrons. The number of aryl methyl sites for hydroxylation is 1. The maximum Gasteiger partial charge on any atom is 0.352 e. The lowest BCUT2D eigenvalue weighted by Gasteiger charge is -2.21. The molecule has 0 fully saturated rings. The number of ether oxygens (including phenoxy) is 3. The first-order chi connectivity index (χ1) is 18.9. The van der Waals surface area contributed by atoms with Gasteiger partial charge in [-0.15, -0.1) is 0 Å². The van der Waals surface area contributed by atoms with Crippen LogP contribution in [0.1, 0.15) is 24.2 Å². The van der Waals surface area contributed by atoms with Crippen LogP contribution in [-0.2, 0) is 7.05 Å². The fourth-order valence-electron chi connectivity index (χ4n) is 4.76. The van der Waals surface area contributed by atoms with Crippen molar-refractivity contribution in [3.8, 4) is 27.8 Å². The third kappa shape index (κ3) is 4.59. The first-order valence-corrected chi connectivity index (χ1v) is 13.4. The summed E-state index contributed by atoms with van der Waals surface area (Å²) in [5.41, 5.74) is 1.75. The summed E-state index contributed by atoms with van der Waals surface area (Å²) in [7, 11) is 4.83. The first kappa shape index (κ1) is 26.2. The van der Waals surface area contributed by atoms with Gasteiger partial charge in [-0.2, -0.15) is 4.57 Å². The Balaban J connectivity index is 1.78. The van der Waals surface area contributed by atoms with Gasteiger partial charge in [-0.1, -0.05) is 29.5 Å². The molecular formula is C30H29N2O6S+. The van der Waals surface area contributed by atoms with Crippen LogP contribution in [0.5, 0.6) is 17.2 Å². The highest BCUT2D eigenvalue weighted by atomic mass is 32.1. The highest BCUT2D eigenvalue weighted by molar-refractivity contribution is 7.21. The van der Waals surface area contributed by atoms with Crippen molar-refractivity contribution in [1.82, 2.24) is 0 Å². The summed E-state index contributed by atoms with van der Waals surface area (Å²) in [5.74, 6) is 0.0552. The van der Waals surface area contributed by atoms with Crippen molar-refractivity contribution in [1.29, 1.82) is 0 Å². The van der Waals surface area contributed by atoms with Gasteiger partial charge in [0.25, 0.3) is 5.01 Å². The zero-order valence-corrected chi connectivity index (χ0v) is 23.3. The summed E-state index contributed by atoms with van der Waals surface area (Å²) in [4.78, 5) is 29.8. The number of nitrogens with zero attached hydrogens (tertiary/aromatic N) is 2. The number of fused-ring (bicyclic) bond motifs is 2. The molecular weight excluding hydrogens is 516 g/mol. The van der Waals surface area contributed by atoms with Crippen LogP contribution >= 0.6 is 11.3 Å². The molecule has 5 rings (SSSR count). The minimum atomic E-state index is -0.723. The van der Waals surface area contributed by atoms with E-state index in [1.807, 2.05) is 41.9 Å². The van der Waals surface area contributed by atoms with Crippen molar-refractivity contribution in [2.45, 2.75) is 13.8 Å². The third-order valence-corrected chi connectivity index (χ3v) is 7.99. The number of aromatic nitrogens is 1. The summed E-state index contributed by atoms with van der Waals surface area (Å²) >= 11 is 1.41. The smallest absolute Gasteiger partial charge is 0.352 e. The van der Waals surface area contributed by atoms with Crippen molar-refractivity contribution in [2.24, 2.45) is 7.05 Å². The minimum absolute atomic E-state index is 0.113. The Labute approximate surface area is 229 Å². The van der Waals surface area contributed by atoms with Gasteiger partial charge in [0.1, 0.15) is 17.3 Å². The van der Waals surface area contributed by atoms with Crippen LogP contribution < -0.4 is 29.3 Å². The fraction of sp³-hybridized carbons (Fsp3) is 0.233. The molecule has 8 nitrogen and oxygen atoms in total. The molecule has 0 aliphatic rings. The molecule has 0 saturated heterocycles. The molecule has 2 heterocycles. The molecule has 0 atom stereocenters. The number of anilines is 1. The van der Waals surface area contributed by atoms with Crippen LogP contribution in [0.4, 0.5) is 5.69 Å². The van der Waals surface area contributed by atoms with Gasteiger partial charge >= 0.3 is 11.6 Å². The predicted octanol–water partition coefficient (Wildman–Crippen LogP) is 5.58. The Morgan fingerprint density at radius 2 is 1.67 bits per heavy atom. The zero-order valence-electron chi connectivity index (χ0n) is 22.4. The van der Waals surface area contributed by atoms with Gasteiger partial charge < -0.3 is 23.5 Å². The van der Waals surface area contributed by atoms with Gasteiger partial charge in [0, 0.05) is 36.3 Å². The summed E-state index contributed by atoms with van der Waals surface area (Å²) in [6, 6.07) is 18.4. The zero-order chi connectivity index (χ0) is 27.7. The molecule has 0 aliphatic carbocycles. The van der Waals surface area contributed by atoms with Crippen LogP contribution in [0.3, 0.4) is 0 Å². The average Bonchev–Trinajstić information content (AvgIpc) is 3.28. The largest absolute Gasteiger partial charge is 0.493 e.